The number of halogens is 2. The average Bonchev–Trinajstić information content (AvgIpc) is 3.22. The minimum Gasteiger partial charge on any atom is -0.461 e. The van der Waals surface area contributed by atoms with E-state index in [0.717, 1.165) is 25.7 Å². The van der Waals surface area contributed by atoms with Gasteiger partial charge in [0.15, 0.2) is 0 Å². The van der Waals surface area contributed by atoms with Crippen LogP contribution in [0.1, 0.15) is 46.5 Å². The Morgan fingerprint density at radius 1 is 1.07 bits per heavy atom. The highest BCUT2D eigenvalue weighted by Crippen LogP contribution is 2.60. The fourth-order valence-corrected chi connectivity index (χ4v) is 8.03. The quantitative estimate of drug-likeness (QED) is 0.323. The molecule has 0 spiro atoms. The standard InChI is InChI=1S/C21H29Br2NO4/c1-9(2)11-5-4-10(3)6-14(11)28-15(25)8-24-20(26)16-12-7-13(17(16)21(24)27)19(23)18(12)22/h9-14,16-19H,4-8H2,1-3H3/t10-,11-,12-,13+,14-,16+,17-,18-,19-/m1/s1. The predicted molar refractivity (Wildman–Crippen MR) is 112 cm³/mol. The molecule has 2 bridgehead atoms. The Labute approximate surface area is 183 Å². The number of imide groups is 1. The molecule has 0 N–H and O–H groups in total. The lowest BCUT2D eigenvalue weighted by molar-refractivity contribution is -0.162. The number of carbonyl (C=O) groups excluding carboxylic acids is 3. The first-order valence-corrected chi connectivity index (χ1v) is 12.4. The Bertz CT molecular complexity index is 651. The van der Waals surface area contributed by atoms with Crippen molar-refractivity contribution in [2.75, 3.05) is 6.54 Å². The molecule has 9 atom stereocenters. The van der Waals surface area contributed by atoms with Crippen LogP contribution in [-0.2, 0) is 19.1 Å². The highest BCUT2D eigenvalue weighted by molar-refractivity contribution is 9.12. The lowest BCUT2D eigenvalue weighted by Gasteiger charge is -2.36. The molecule has 1 saturated heterocycles. The molecule has 1 aliphatic heterocycles. The van der Waals surface area contributed by atoms with E-state index >= 15 is 0 Å². The lowest BCUT2D eigenvalue weighted by atomic mass is 9.75. The molecule has 156 valence electrons. The van der Waals surface area contributed by atoms with E-state index in [9.17, 15) is 14.4 Å². The fourth-order valence-electron chi connectivity index (χ4n) is 6.15. The molecule has 28 heavy (non-hydrogen) atoms. The average molecular weight is 519 g/mol. The van der Waals surface area contributed by atoms with Crippen molar-refractivity contribution in [2.45, 2.75) is 62.2 Å². The van der Waals surface area contributed by atoms with Crippen LogP contribution in [0.25, 0.3) is 0 Å². The number of likely N-dealkylation sites (tertiary alicyclic amines) is 1. The SMILES string of the molecule is CC(C)[C@H]1CC[C@@H](C)C[C@H]1OC(=O)CN1C(=O)[C@@H]2[C@@H]3C[C@@H]([C@@H](Br)[C@@H]3Br)[C@@H]2C1=O. The summed E-state index contributed by atoms with van der Waals surface area (Å²) < 4.78 is 5.82. The van der Waals surface area contributed by atoms with Crippen LogP contribution in [0.3, 0.4) is 0 Å². The number of carbonyl (C=O) groups is 3. The lowest BCUT2D eigenvalue weighted by Crippen LogP contribution is -2.41. The summed E-state index contributed by atoms with van der Waals surface area (Å²) in [6, 6.07) is 0. The first-order valence-electron chi connectivity index (χ1n) is 10.5. The van der Waals surface area contributed by atoms with Crippen molar-refractivity contribution < 1.29 is 19.1 Å². The summed E-state index contributed by atoms with van der Waals surface area (Å²) in [5, 5.41) is 0. The van der Waals surface area contributed by atoms with Gasteiger partial charge in [-0.1, -0.05) is 59.1 Å². The first kappa shape index (κ1) is 20.8. The van der Waals surface area contributed by atoms with Gasteiger partial charge in [0.2, 0.25) is 11.8 Å². The molecule has 3 saturated carbocycles. The van der Waals surface area contributed by atoms with Crippen molar-refractivity contribution in [1.82, 2.24) is 4.90 Å². The second kappa shape index (κ2) is 7.68. The number of ether oxygens (including phenoxy) is 1. The van der Waals surface area contributed by atoms with Crippen molar-refractivity contribution in [2.24, 2.45) is 41.4 Å². The summed E-state index contributed by atoms with van der Waals surface area (Å²) >= 11 is 7.37. The summed E-state index contributed by atoms with van der Waals surface area (Å²) in [6.45, 7) is 6.29. The van der Waals surface area contributed by atoms with Gasteiger partial charge in [-0.15, -0.1) is 0 Å². The molecule has 4 rings (SSSR count). The molecular weight excluding hydrogens is 490 g/mol. The Kier molecular flexibility index (Phi) is 5.71. The molecule has 0 unspecified atom stereocenters. The van der Waals surface area contributed by atoms with Crippen molar-refractivity contribution in [3.8, 4) is 0 Å². The van der Waals surface area contributed by atoms with E-state index in [4.69, 9.17) is 4.74 Å². The van der Waals surface area contributed by atoms with E-state index in [1.54, 1.807) is 0 Å². The zero-order valence-corrected chi connectivity index (χ0v) is 19.8. The molecule has 0 aromatic rings. The molecule has 7 heteroatoms. The van der Waals surface area contributed by atoms with Gasteiger partial charge in [-0.05, 0) is 48.9 Å². The normalized spacial score (nSPS) is 45.1. The molecular formula is C21H29Br2NO4. The second-order valence-electron chi connectivity index (χ2n) is 9.62. The van der Waals surface area contributed by atoms with Crippen LogP contribution in [0.2, 0.25) is 0 Å². The molecule has 1 heterocycles. The Hall–Kier alpha value is -0.430. The van der Waals surface area contributed by atoms with Crippen LogP contribution in [0, 0.1) is 41.4 Å². The summed E-state index contributed by atoms with van der Waals surface area (Å²) in [6.07, 6.45) is 3.87. The van der Waals surface area contributed by atoms with Crippen LogP contribution in [0.15, 0.2) is 0 Å². The molecule has 2 amide bonds. The van der Waals surface area contributed by atoms with Gasteiger partial charge in [-0.2, -0.15) is 0 Å². The van der Waals surface area contributed by atoms with Crippen molar-refractivity contribution >= 4 is 49.6 Å². The largest absolute Gasteiger partial charge is 0.461 e. The van der Waals surface area contributed by atoms with Crippen molar-refractivity contribution in [1.29, 1.82) is 0 Å². The van der Waals surface area contributed by atoms with Crippen molar-refractivity contribution in [3.05, 3.63) is 0 Å². The van der Waals surface area contributed by atoms with Crippen molar-refractivity contribution in [3.63, 3.8) is 0 Å². The summed E-state index contributed by atoms with van der Waals surface area (Å²) in [5.74, 6) is 0.312. The number of hydrogen-bond donors (Lipinski definition) is 0. The zero-order valence-electron chi connectivity index (χ0n) is 16.6. The molecule has 4 fully saturated rings. The van der Waals surface area contributed by atoms with Crippen LogP contribution in [0.4, 0.5) is 0 Å². The van der Waals surface area contributed by atoms with Crippen LogP contribution < -0.4 is 0 Å². The maximum absolute atomic E-state index is 13.0. The van der Waals surface area contributed by atoms with Gasteiger partial charge in [0, 0.05) is 9.65 Å². The zero-order chi connectivity index (χ0) is 20.3. The maximum atomic E-state index is 13.0. The third-order valence-electron chi connectivity index (χ3n) is 7.61. The molecule has 0 radical (unpaired) electrons. The van der Waals surface area contributed by atoms with Gasteiger partial charge in [0.1, 0.15) is 12.6 Å². The highest BCUT2D eigenvalue weighted by atomic mass is 79.9. The number of esters is 1. The van der Waals surface area contributed by atoms with E-state index in [1.807, 2.05) is 0 Å². The van der Waals surface area contributed by atoms with Crippen LogP contribution in [-0.4, -0.2) is 45.0 Å². The Morgan fingerprint density at radius 2 is 1.64 bits per heavy atom. The third kappa shape index (κ3) is 3.28. The number of alkyl halides is 2. The van der Waals surface area contributed by atoms with E-state index < -0.39 is 5.97 Å². The van der Waals surface area contributed by atoms with E-state index in [0.29, 0.717) is 17.8 Å². The van der Waals surface area contributed by atoms with Gasteiger partial charge >= 0.3 is 5.97 Å². The minimum atomic E-state index is -0.440. The topological polar surface area (TPSA) is 63.7 Å². The minimum absolute atomic E-state index is 0.112. The van der Waals surface area contributed by atoms with Gasteiger partial charge in [0.25, 0.3) is 0 Å². The smallest absolute Gasteiger partial charge is 0.326 e. The van der Waals surface area contributed by atoms with Gasteiger partial charge < -0.3 is 4.74 Å². The summed E-state index contributed by atoms with van der Waals surface area (Å²) in [5.41, 5.74) is 0. The fraction of sp³-hybridized carbons (Fsp3) is 0.857. The van der Waals surface area contributed by atoms with Gasteiger partial charge in [-0.3, -0.25) is 19.3 Å². The number of rotatable bonds is 4. The monoisotopic (exact) mass is 517 g/mol. The number of amides is 2. The van der Waals surface area contributed by atoms with Crippen LogP contribution >= 0.6 is 31.9 Å². The number of nitrogens with zero attached hydrogens (tertiary/aromatic N) is 1. The van der Waals surface area contributed by atoms with E-state index in [2.05, 4.69) is 52.6 Å². The molecule has 0 aromatic heterocycles. The second-order valence-corrected chi connectivity index (χ2v) is 11.7. The molecule has 0 aromatic carbocycles. The Balaban J connectivity index is 1.43. The number of fused-ring (bicyclic) bond motifs is 5. The third-order valence-corrected chi connectivity index (χ3v) is 10.8. The van der Waals surface area contributed by atoms with E-state index in [1.165, 1.54) is 4.90 Å². The molecule has 4 aliphatic rings. The van der Waals surface area contributed by atoms with Crippen LogP contribution in [0.5, 0.6) is 0 Å². The molecule has 5 nitrogen and oxygen atoms in total. The highest BCUT2D eigenvalue weighted by Gasteiger charge is 2.66. The Morgan fingerprint density at radius 3 is 2.18 bits per heavy atom. The first-order chi connectivity index (χ1) is 13.2. The summed E-state index contributed by atoms with van der Waals surface area (Å²) in [7, 11) is 0. The van der Waals surface area contributed by atoms with Gasteiger partial charge in [-0.25, -0.2) is 0 Å². The molecule has 3 aliphatic carbocycles. The maximum Gasteiger partial charge on any atom is 0.326 e. The summed E-state index contributed by atoms with van der Waals surface area (Å²) in [4.78, 5) is 40.2. The van der Waals surface area contributed by atoms with Gasteiger partial charge in [0.05, 0.1) is 11.8 Å². The van der Waals surface area contributed by atoms with E-state index in [-0.39, 0.29) is 57.8 Å². The predicted octanol–water partition coefficient (Wildman–Crippen LogP) is 3.77. The number of hydrogen-bond acceptors (Lipinski definition) is 4.